The number of rotatable bonds is 2. The van der Waals surface area contributed by atoms with Crippen molar-refractivity contribution in [1.82, 2.24) is 4.90 Å². The number of amides is 1. The van der Waals surface area contributed by atoms with Crippen LogP contribution in [0.1, 0.15) is 22.3 Å². The van der Waals surface area contributed by atoms with E-state index in [9.17, 15) is 4.79 Å². The molecule has 2 rings (SSSR count). The second-order valence-electron chi connectivity index (χ2n) is 4.56. The normalized spacial score (nSPS) is 16.2. The molecular weight excluding hydrogens is 244 g/mol. The highest BCUT2D eigenvalue weighted by atomic mass is 32.2. The Morgan fingerprint density at radius 1 is 1.33 bits per heavy atom. The van der Waals surface area contributed by atoms with E-state index in [1.165, 1.54) is 0 Å². The third-order valence-corrected chi connectivity index (χ3v) is 4.23. The molecule has 1 aromatic carbocycles. The van der Waals surface area contributed by atoms with E-state index >= 15 is 0 Å². The van der Waals surface area contributed by atoms with Gasteiger partial charge in [0, 0.05) is 31.6 Å². The van der Waals surface area contributed by atoms with Crippen LogP contribution in [0, 0.1) is 6.92 Å². The lowest BCUT2D eigenvalue weighted by molar-refractivity contribution is 0.0769. The van der Waals surface area contributed by atoms with Crippen molar-refractivity contribution >= 4 is 23.4 Å². The molecule has 0 aliphatic carbocycles. The maximum atomic E-state index is 12.6. The number of hydrogen-bond acceptors (Lipinski definition) is 3. The molecule has 0 saturated carbocycles. The Balaban J connectivity index is 2.23. The van der Waals surface area contributed by atoms with Gasteiger partial charge in [-0.15, -0.1) is 0 Å². The van der Waals surface area contributed by atoms with E-state index in [1.807, 2.05) is 48.8 Å². The van der Waals surface area contributed by atoms with Crippen LogP contribution in [-0.4, -0.2) is 42.4 Å². The molecular formula is C14H20N2OS. The quantitative estimate of drug-likeness (QED) is 0.891. The lowest BCUT2D eigenvalue weighted by atomic mass is 10.1. The Labute approximate surface area is 113 Å². The molecule has 0 spiro atoms. The summed E-state index contributed by atoms with van der Waals surface area (Å²) in [4.78, 5) is 14.5. The lowest BCUT2D eigenvalue weighted by Gasteiger charge is -2.21. The van der Waals surface area contributed by atoms with Crippen molar-refractivity contribution in [2.45, 2.75) is 13.3 Å². The van der Waals surface area contributed by atoms with Gasteiger partial charge in [0.25, 0.3) is 5.91 Å². The zero-order valence-electron chi connectivity index (χ0n) is 11.0. The van der Waals surface area contributed by atoms with Crippen molar-refractivity contribution in [2.75, 3.05) is 37.0 Å². The van der Waals surface area contributed by atoms with Crippen LogP contribution >= 0.6 is 11.8 Å². The van der Waals surface area contributed by atoms with Gasteiger partial charge in [0.2, 0.25) is 0 Å². The zero-order chi connectivity index (χ0) is 13.0. The summed E-state index contributed by atoms with van der Waals surface area (Å²) in [6.45, 7) is 3.76. The average Bonchev–Trinajstić information content (AvgIpc) is 2.66. The van der Waals surface area contributed by atoms with Gasteiger partial charge in [-0.2, -0.15) is 11.8 Å². The van der Waals surface area contributed by atoms with Gasteiger partial charge >= 0.3 is 0 Å². The van der Waals surface area contributed by atoms with Gasteiger partial charge in [-0.05, 0) is 31.2 Å². The molecule has 98 valence electrons. The van der Waals surface area contributed by atoms with Gasteiger partial charge in [-0.25, -0.2) is 0 Å². The van der Waals surface area contributed by atoms with E-state index in [0.717, 1.165) is 47.8 Å². The van der Waals surface area contributed by atoms with Crippen molar-refractivity contribution in [2.24, 2.45) is 0 Å². The Hall–Kier alpha value is -1.16. The van der Waals surface area contributed by atoms with Gasteiger partial charge in [0.1, 0.15) is 0 Å². The summed E-state index contributed by atoms with van der Waals surface area (Å²) in [6, 6.07) is 5.99. The second-order valence-corrected chi connectivity index (χ2v) is 5.78. The topological polar surface area (TPSA) is 32.3 Å². The number of carbonyl (C=O) groups excluding carboxylic acids is 1. The SMILES string of the molecule is CNc1ccc(C)cc1C(=O)N1CCCSCC1. The van der Waals surface area contributed by atoms with Crippen LogP contribution < -0.4 is 5.32 Å². The molecule has 1 N–H and O–H groups in total. The highest BCUT2D eigenvalue weighted by molar-refractivity contribution is 7.99. The molecule has 0 radical (unpaired) electrons. The number of anilines is 1. The van der Waals surface area contributed by atoms with Crippen LogP contribution in [-0.2, 0) is 0 Å². The monoisotopic (exact) mass is 264 g/mol. The summed E-state index contributed by atoms with van der Waals surface area (Å²) in [5.74, 6) is 2.37. The fraction of sp³-hybridized carbons (Fsp3) is 0.500. The lowest BCUT2D eigenvalue weighted by Crippen LogP contribution is -2.33. The molecule has 4 heteroatoms. The number of benzene rings is 1. The summed E-state index contributed by atoms with van der Waals surface area (Å²) in [6.07, 6.45) is 1.09. The number of carbonyl (C=O) groups is 1. The predicted molar refractivity (Wildman–Crippen MR) is 78.6 cm³/mol. The molecule has 1 aromatic rings. The third kappa shape index (κ3) is 2.99. The molecule has 3 nitrogen and oxygen atoms in total. The minimum absolute atomic E-state index is 0.158. The number of nitrogens with zero attached hydrogens (tertiary/aromatic N) is 1. The first-order valence-electron chi connectivity index (χ1n) is 6.38. The molecule has 0 unspecified atom stereocenters. The molecule has 1 fully saturated rings. The summed E-state index contributed by atoms with van der Waals surface area (Å²) in [5, 5.41) is 3.11. The third-order valence-electron chi connectivity index (χ3n) is 3.18. The van der Waals surface area contributed by atoms with Gasteiger partial charge in [-0.3, -0.25) is 4.79 Å². The average molecular weight is 264 g/mol. The van der Waals surface area contributed by atoms with Gasteiger partial charge in [0.05, 0.1) is 5.56 Å². The predicted octanol–water partition coefficient (Wildman–Crippen LogP) is 2.62. The Bertz CT molecular complexity index is 426. The molecule has 1 aliphatic heterocycles. The Morgan fingerprint density at radius 3 is 2.94 bits per heavy atom. The minimum atomic E-state index is 0.158. The van der Waals surface area contributed by atoms with Crippen LogP contribution in [0.5, 0.6) is 0 Å². The van der Waals surface area contributed by atoms with Crippen molar-refractivity contribution in [3.05, 3.63) is 29.3 Å². The van der Waals surface area contributed by atoms with E-state index in [0.29, 0.717) is 0 Å². The zero-order valence-corrected chi connectivity index (χ0v) is 11.8. The fourth-order valence-corrected chi connectivity index (χ4v) is 3.06. The standard InChI is InChI=1S/C14H20N2OS/c1-11-4-5-13(15-2)12(10-11)14(17)16-6-3-8-18-9-7-16/h4-5,10,15H,3,6-9H2,1-2H3. The Morgan fingerprint density at radius 2 is 2.17 bits per heavy atom. The minimum Gasteiger partial charge on any atom is -0.387 e. The van der Waals surface area contributed by atoms with Crippen molar-refractivity contribution in [3.63, 3.8) is 0 Å². The number of aryl methyl sites for hydroxylation is 1. The number of thioether (sulfide) groups is 1. The number of nitrogens with one attached hydrogen (secondary N) is 1. The highest BCUT2D eigenvalue weighted by Gasteiger charge is 2.19. The molecule has 0 aromatic heterocycles. The molecule has 0 bridgehead atoms. The van der Waals surface area contributed by atoms with E-state index < -0.39 is 0 Å². The number of hydrogen-bond donors (Lipinski definition) is 1. The fourth-order valence-electron chi connectivity index (χ4n) is 2.17. The summed E-state index contributed by atoms with van der Waals surface area (Å²) < 4.78 is 0. The largest absolute Gasteiger partial charge is 0.387 e. The van der Waals surface area contributed by atoms with Crippen molar-refractivity contribution < 1.29 is 4.79 Å². The Kier molecular flexibility index (Phi) is 4.53. The van der Waals surface area contributed by atoms with Crippen LogP contribution in [0.15, 0.2) is 18.2 Å². The second kappa shape index (κ2) is 6.14. The smallest absolute Gasteiger partial charge is 0.255 e. The first-order valence-corrected chi connectivity index (χ1v) is 7.53. The molecule has 0 atom stereocenters. The van der Waals surface area contributed by atoms with E-state index in [4.69, 9.17) is 0 Å². The highest BCUT2D eigenvalue weighted by Crippen LogP contribution is 2.20. The van der Waals surface area contributed by atoms with Crippen LogP contribution in [0.2, 0.25) is 0 Å². The molecule has 1 amide bonds. The van der Waals surface area contributed by atoms with Crippen LogP contribution in [0.25, 0.3) is 0 Å². The van der Waals surface area contributed by atoms with Crippen molar-refractivity contribution in [1.29, 1.82) is 0 Å². The molecule has 18 heavy (non-hydrogen) atoms. The van der Waals surface area contributed by atoms with Gasteiger partial charge < -0.3 is 10.2 Å². The first kappa shape index (κ1) is 13.3. The van der Waals surface area contributed by atoms with Crippen molar-refractivity contribution in [3.8, 4) is 0 Å². The summed E-state index contributed by atoms with van der Waals surface area (Å²) in [5.41, 5.74) is 2.84. The maximum Gasteiger partial charge on any atom is 0.255 e. The van der Waals surface area contributed by atoms with E-state index in [-0.39, 0.29) is 5.91 Å². The van der Waals surface area contributed by atoms with Gasteiger partial charge in [0.15, 0.2) is 0 Å². The van der Waals surface area contributed by atoms with Crippen LogP contribution in [0.4, 0.5) is 5.69 Å². The molecule has 1 saturated heterocycles. The summed E-state index contributed by atoms with van der Waals surface area (Å²) in [7, 11) is 1.86. The van der Waals surface area contributed by atoms with E-state index in [1.54, 1.807) is 0 Å². The molecule has 1 heterocycles. The maximum absolute atomic E-state index is 12.6. The summed E-state index contributed by atoms with van der Waals surface area (Å²) >= 11 is 1.94. The van der Waals surface area contributed by atoms with E-state index in [2.05, 4.69) is 5.32 Å². The van der Waals surface area contributed by atoms with Crippen LogP contribution in [0.3, 0.4) is 0 Å². The first-order chi connectivity index (χ1) is 8.72. The van der Waals surface area contributed by atoms with Gasteiger partial charge in [-0.1, -0.05) is 11.6 Å². The molecule has 1 aliphatic rings.